The predicted molar refractivity (Wildman–Crippen MR) is 71.5 cm³/mol. The Hall–Kier alpha value is -2.08. The smallest absolute Gasteiger partial charge is 0.00995 e. The van der Waals surface area contributed by atoms with E-state index in [4.69, 9.17) is 0 Å². The lowest BCUT2D eigenvalue weighted by Crippen LogP contribution is -1.78. The molecule has 0 atom stereocenters. The van der Waals surface area contributed by atoms with Crippen LogP contribution in [0.5, 0.6) is 0 Å². The lowest BCUT2D eigenvalue weighted by Gasteiger charge is -2.04. The number of rotatable bonds is 1. The van der Waals surface area contributed by atoms with E-state index < -0.39 is 0 Å². The van der Waals surface area contributed by atoms with Crippen LogP contribution in [0, 0.1) is 0 Å². The van der Waals surface area contributed by atoms with Gasteiger partial charge in [0.25, 0.3) is 0 Å². The Labute approximate surface area is 94.8 Å². The molecular formula is C16H12. The molecule has 0 radical (unpaired) electrons. The molecule has 3 aromatic rings. The second kappa shape index (κ2) is 3.49. The molecule has 16 heavy (non-hydrogen) atoms. The lowest BCUT2D eigenvalue weighted by molar-refractivity contribution is 1.73. The van der Waals surface area contributed by atoms with Gasteiger partial charge >= 0.3 is 0 Å². The monoisotopic (exact) mass is 204 g/mol. The number of fused-ring (bicyclic) bond motifs is 3. The van der Waals surface area contributed by atoms with Crippen molar-refractivity contribution in [3.63, 3.8) is 0 Å². The second-order valence-corrected chi connectivity index (χ2v) is 3.97. The molecule has 0 heterocycles. The molecule has 76 valence electrons. The highest BCUT2D eigenvalue weighted by Crippen LogP contribution is 2.26. The van der Waals surface area contributed by atoms with Crippen molar-refractivity contribution < 1.29 is 0 Å². The second-order valence-electron chi connectivity index (χ2n) is 3.97. The molecule has 0 unspecified atom stereocenters. The van der Waals surface area contributed by atoms with Gasteiger partial charge in [0.05, 0.1) is 0 Å². The summed E-state index contributed by atoms with van der Waals surface area (Å²) in [5.41, 5.74) is 1.17. The molecular weight excluding hydrogens is 192 g/mol. The Morgan fingerprint density at radius 1 is 0.750 bits per heavy atom. The lowest BCUT2D eigenvalue weighted by atomic mass is 10.0. The first-order valence-corrected chi connectivity index (χ1v) is 5.42. The molecule has 0 aliphatic carbocycles. The van der Waals surface area contributed by atoms with Gasteiger partial charge in [0, 0.05) is 0 Å². The highest BCUT2D eigenvalue weighted by molar-refractivity contribution is 6.07. The van der Waals surface area contributed by atoms with Gasteiger partial charge in [0.2, 0.25) is 0 Å². The van der Waals surface area contributed by atoms with Gasteiger partial charge in [-0.2, -0.15) is 0 Å². The Balaban J connectivity index is 2.52. The average molecular weight is 204 g/mol. The maximum atomic E-state index is 3.82. The van der Waals surface area contributed by atoms with Crippen molar-refractivity contribution >= 4 is 27.6 Å². The van der Waals surface area contributed by atoms with Crippen LogP contribution in [0.1, 0.15) is 5.56 Å². The van der Waals surface area contributed by atoms with E-state index in [1.54, 1.807) is 0 Å². The summed E-state index contributed by atoms with van der Waals surface area (Å²) in [6.07, 6.45) is 1.89. The molecule has 0 saturated heterocycles. The third-order valence-corrected chi connectivity index (χ3v) is 3.01. The van der Waals surface area contributed by atoms with E-state index in [1.807, 2.05) is 6.08 Å². The molecule has 0 spiro atoms. The zero-order valence-corrected chi connectivity index (χ0v) is 8.98. The van der Waals surface area contributed by atoms with Crippen LogP contribution in [0.25, 0.3) is 27.6 Å². The first-order chi connectivity index (χ1) is 7.88. The van der Waals surface area contributed by atoms with E-state index in [-0.39, 0.29) is 0 Å². The van der Waals surface area contributed by atoms with Crippen LogP contribution in [0.4, 0.5) is 0 Å². The molecule has 0 heteroatoms. The van der Waals surface area contributed by atoms with Gasteiger partial charge < -0.3 is 0 Å². The fraction of sp³-hybridized carbons (Fsp3) is 0. The fourth-order valence-electron chi connectivity index (χ4n) is 2.15. The van der Waals surface area contributed by atoms with Crippen molar-refractivity contribution in [2.45, 2.75) is 0 Å². The van der Waals surface area contributed by atoms with E-state index in [0.29, 0.717) is 0 Å². The summed E-state index contributed by atoms with van der Waals surface area (Å²) >= 11 is 0. The van der Waals surface area contributed by atoms with Crippen molar-refractivity contribution in [2.24, 2.45) is 0 Å². The number of benzene rings is 3. The summed E-state index contributed by atoms with van der Waals surface area (Å²) in [6, 6.07) is 19.3. The number of hydrogen-bond donors (Lipinski definition) is 0. The molecule has 0 N–H and O–H groups in total. The van der Waals surface area contributed by atoms with E-state index in [1.165, 1.54) is 27.1 Å². The van der Waals surface area contributed by atoms with Crippen molar-refractivity contribution in [1.82, 2.24) is 0 Å². The minimum atomic E-state index is 1.17. The van der Waals surface area contributed by atoms with E-state index in [9.17, 15) is 0 Å². The van der Waals surface area contributed by atoms with Crippen molar-refractivity contribution in [1.29, 1.82) is 0 Å². The van der Waals surface area contributed by atoms with Gasteiger partial charge in [0.15, 0.2) is 0 Å². The van der Waals surface area contributed by atoms with Crippen LogP contribution in [0.2, 0.25) is 0 Å². The highest BCUT2D eigenvalue weighted by atomic mass is 14.0. The van der Waals surface area contributed by atoms with Gasteiger partial charge in [-0.3, -0.25) is 0 Å². The molecule has 0 fully saturated rings. The van der Waals surface area contributed by atoms with Crippen LogP contribution in [0.15, 0.2) is 61.2 Å². The van der Waals surface area contributed by atoms with Crippen LogP contribution in [0.3, 0.4) is 0 Å². The summed E-state index contributed by atoms with van der Waals surface area (Å²) in [5.74, 6) is 0. The quantitative estimate of drug-likeness (QED) is 0.507. The highest BCUT2D eigenvalue weighted by Gasteiger charge is 1.99. The maximum absolute atomic E-state index is 3.82. The molecule has 0 aliphatic heterocycles. The summed E-state index contributed by atoms with van der Waals surface area (Å²) in [6.45, 7) is 3.82. The summed E-state index contributed by atoms with van der Waals surface area (Å²) in [4.78, 5) is 0. The molecule has 0 nitrogen and oxygen atoms in total. The van der Waals surface area contributed by atoms with Crippen LogP contribution >= 0.6 is 0 Å². The van der Waals surface area contributed by atoms with Gasteiger partial charge in [-0.1, -0.05) is 61.2 Å². The molecule has 0 amide bonds. The minimum Gasteiger partial charge on any atom is -0.0985 e. The van der Waals surface area contributed by atoms with Crippen LogP contribution < -0.4 is 0 Å². The van der Waals surface area contributed by atoms with E-state index in [0.717, 1.165) is 0 Å². The third-order valence-electron chi connectivity index (χ3n) is 3.01. The van der Waals surface area contributed by atoms with Crippen molar-refractivity contribution in [3.05, 3.63) is 66.7 Å². The largest absolute Gasteiger partial charge is 0.0985 e. The Bertz CT molecular complexity index is 678. The third kappa shape index (κ3) is 1.31. The Morgan fingerprint density at radius 2 is 1.44 bits per heavy atom. The maximum Gasteiger partial charge on any atom is -0.00995 e. The van der Waals surface area contributed by atoms with Gasteiger partial charge in [-0.15, -0.1) is 0 Å². The zero-order valence-electron chi connectivity index (χ0n) is 8.98. The standard InChI is InChI=1S/C16H12/c1-2-12-7-8-14-10-9-13-5-3-4-6-15(13)16(14)11-12/h2-11H,1H2. The SMILES string of the molecule is C=Cc1ccc2ccc3ccccc3c2c1. The normalized spacial score (nSPS) is 10.8. The van der Waals surface area contributed by atoms with Crippen molar-refractivity contribution in [2.75, 3.05) is 0 Å². The minimum absolute atomic E-state index is 1.17. The molecule has 0 aliphatic rings. The zero-order chi connectivity index (χ0) is 11.0. The molecule has 0 saturated carbocycles. The Kier molecular flexibility index (Phi) is 2.00. The summed E-state index contributed by atoms with van der Waals surface area (Å²) in [5, 5.41) is 5.18. The van der Waals surface area contributed by atoms with E-state index >= 15 is 0 Å². The molecule has 0 bridgehead atoms. The van der Waals surface area contributed by atoms with Gasteiger partial charge in [-0.05, 0) is 33.2 Å². The first-order valence-electron chi connectivity index (χ1n) is 5.42. The summed E-state index contributed by atoms with van der Waals surface area (Å²) in [7, 11) is 0. The first kappa shape index (κ1) is 9.17. The number of hydrogen-bond acceptors (Lipinski definition) is 0. The molecule has 0 aromatic heterocycles. The molecule has 3 aromatic carbocycles. The van der Waals surface area contributed by atoms with Gasteiger partial charge in [-0.25, -0.2) is 0 Å². The average Bonchev–Trinajstić information content (AvgIpc) is 2.38. The van der Waals surface area contributed by atoms with Crippen LogP contribution in [-0.4, -0.2) is 0 Å². The summed E-state index contributed by atoms with van der Waals surface area (Å²) < 4.78 is 0. The Morgan fingerprint density at radius 3 is 2.25 bits per heavy atom. The van der Waals surface area contributed by atoms with Gasteiger partial charge in [0.1, 0.15) is 0 Å². The van der Waals surface area contributed by atoms with Crippen molar-refractivity contribution in [3.8, 4) is 0 Å². The molecule has 3 rings (SSSR count). The van der Waals surface area contributed by atoms with E-state index in [2.05, 4.69) is 61.2 Å². The fourth-order valence-corrected chi connectivity index (χ4v) is 2.15. The predicted octanol–water partition coefficient (Wildman–Crippen LogP) is 4.64. The van der Waals surface area contributed by atoms with Crippen LogP contribution in [-0.2, 0) is 0 Å². The topological polar surface area (TPSA) is 0 Å².